The second-order valence-electron chi connectivity index (χ2n) is 5.66. The molecule has 0 atom stereocenters. The minimum atomic E-state index is -0.585. The number of thioether (sulfide) groups is 1. The Kier molecular flexibility index (Phi) is 6.72. The van der Waals surface area contributed by atoms with E-state index in [0.717, 1.165) is 5.56 Å². The third-order valence-corrected chi connectivity index (χ3v) is 4.91. The number of carbonyl (C=O) groups excluding carboxylic acids is 2. The Morgan fingerprint density at radius 2 is 2.11 bits per heavy atom. The maximum atomic E-state index is 12.0. The molecule has 8 nitrogen and oxygen atoms in total. The molecule has 2 heterocycles. The van der Waals surface area contributed by atoms with Gasteiger partial charge in [-0.25, -0.2) is 4.79 Å². The Balaban J connectivity index is 1.55. The van der Waals surface area contributed by atoms with Crippen molar-refractivity contribution in [3.05, 3.63) is 53.4 Å². The van der Waals surface area contributed by atoms with Crippen molar-refractivity contribution in [3.8, 4) is 11.4 Å². The van der Waals surface area contributed by atoms with E-state index in [1.54, 1.807) is 18.2 Å². The summed E-state index contributed by atoms with van der Waals surface area (Å²) in [5, 5.41) is 14.4. The summed E-state index contributed by atoms with van der Waals surface area (Å²) in [4.78, 5) is 23.8. The summed E-state index contributed by atoms with van der Waals surface area (Å²) in [7, 11) is 0. The van der Waals surface area contributed by atoms with Gasteiger partial charge in [-0.15, -0.1) is 10.2 Å². The minimum absolute atomic E-state index is 0.0296. The standard InChI is InChI=1S/C18H18ClN5O3S/c1-2-24-16(12-5-3-6-13(19)9-12)22-23-18(24)28-11-15(25)21-17(26)20-10-14-7-4-8-27-14/h3-9H,2,10-11H2,1H3,(H2,20,21,25,26). The average Bonchev–Trinajstić information content (AvgIpc) is 3.34. The second kappa shape index (κ2) is 9.43. The van der Waals surface area contributed by atoms with E-state index in [1.165, 1.54) is 18.0 Å². The highest BCUT2D eigenvalue weighted by Crippen LogP contribution is 2.25. The fourth-order valence-electron chi connectivity index (χ4n) is 2.44. The first-order valence-corrected chi connectivity index (χ1v) is 9.85. The summed E-state index contributed by atoms with van der Waals surface area (Å²) in [5.74, 6) is 0.865. The van der Waals surface area contributed by atoms with E-state index >= 15 is 0 Å². The molecule has 28 heavy (non-hydrogen) atoms. The number of halogens is 1. The highest BCUT2D eigenvalue weighted by molar-refractivity contribution is 7.99. The van der Waals surface area contributed by atoms with Crippen LogP contribution >= 0.6 is 23.4 Å². The second-order valence-corrected chi connectivity index (χ2v) is 7.04. The van der Waals surface area contributed by atoms with Gasteiger partial charge in [-0.2, -0.15) is 0 Å². The molecule has 3 rings (SSSR count). The van der Waals surface area contributed by atoms with Gasteiger partial charge in [-0.05, 0) is 31.2 Å². The number of nitrogens with zero attached hydrogens (tertiary/aromatic N) is 3. The van der Waals surface area contributed by atoms with Crippen LogP contribution in [-0.4, -0.2) is 32.5 Å². The van der Waals surface area contributed by atoms with Crippen LogP contribution in [0.3, 0.4) is 0 Å². The minimum Gasteiger partial charge on any atom is -0.467 e. The lowest BCUT2D eigenvalue weighted by Crippen LogP contribution is -2.39. The van der Waals surface area contributed by atoms with Crippen molar-refractivity contribution in [3.63, 3.8) is 0 Å². The van der Waals surface area contributed by atoms with E-state index < -0.39 is 11.9 Å². The number of rotatable bonds is 7. The lowest BCUT2D eigenvalue weighted by atomic mass is 10.2. The fraction of sp³-hybridized carbons (Fsp3) is 0.222. The van der Waals surface area contributed by atoms with Crippen LogP contribution in [-0.2, 0) is 17.9 Å². The largest absolute Gasteiger partial charge is 0.467 e. The summed E-state index contributed by atoms with van der Waals surface area (Å²) in [6.07, 6.45) is 1.51. The van der Waals surface area contributed by atoms with Crippen molar-refractivity contribution in [1.29, 1.82) is 0 Å². The molecule has 0 unspecified atom stereocenters. The molecule has 0 aliphatic heterocycles. The highest BCUT2D eigenvalue weighted by Gasteiger charge is 2.16. The van der Waals surface area contributed by atoms with Gasteiger partial charge in [-0.3, -0.25) is 10.1 Å². The predicted octanol–water partition coefficient (Wildman–Crippen LogP) is 3.33. The van der Waals surface area contributed by atoms with Crippen molar-refractivity contribution in [2.45, 2.75) is 25.2 Å². The van der Waals surface area contributed by atoms with Gasteiger partial charge in [0.1, 0.15) is 5.76 Å². The van der Waals surface area contributed by atoms with Crippen molar-refractivity contribution < 1.29 is 14.0 Å². The van der Waals surface area contributed by atoms with E-state index in [9.17, 15) is 9.59 Å². The first-order chi connectivity index (χ1) is 13.6. The number of urea groups is 1. The van der Waals surface area contributed by atoms with Crippen LogP contribution in [0.15, 0.2) is 52.2 Å². The maximum absolute atomic E-state index is 12.0. The molecule has 3 amide bonds. The number of carbonyl (C=O) groups is 2. The monoisotopic (exact) mass is 419 g/mol. The number of furan rings is 1. The van der Waals surface area contributed by atoms with Gasteiger partial charge in [0.05, 0.1) is 18.6 Å². The molecule has 0 saturated carbocycles. The summed E-state index contributed by atoms with van der Waals surface area (Å²) < 4.78 is 7.00. The fourth-order valence-corrected chi connectivity index (χ4v) is 3.43. The van der Waals surface area contributed by atoms with E-state index in [2.05, 4.69) is 20.8 Å². The summed E-state index contributed by atoms with van der Waals surface area (Å²) in [6, 6.07) is 10.2. The van der Waals surface area contributed by atoms with Gasteiger partial charge in [-0.1, -0.05) is 35.5 Å². The molecule has 10 heteroatoms. The van der Waals surface area contributed by atoms with E-state index in [1.807, 2.05) is 29.7 Å². The molecule has 2 N–H and O–H groups in total. The van der Waals surface area contributed by atoms with Gasteiger partial charge in [0.2, 0.25) is 5.91 Å². The quantitative estimate of drug-likeness (QED) is 0.569. The molecule has 146 valence electrons. The number of amides is 3. The highest BCUT2D eigenvalue weighted by atomic mass is 35.5. The van der Waals surface area contributed by atoms with Crippen LogP contribution in [0.25, 0.3) is 11.4 Å². The molecular weight excluding hydrogens is 402 g/mol. The Morgan fingerprint density at radius 1 is 1.25 bits per heavy atom. The zero-order valence-electron chi connectivity index (χ0n) is 15.0. The number of imide groups is 1. The average molecular weight is 420 g/mol. The molecular formula is C18H18ClN5O3S. The van der Waals surface area contributed by atoms with Crippen molar-refractivity contribution >= 4 is 35.3 Å². The Labute approximate surface area is 170 Å². The van der Waals surface area contributed by atoms with Crippen LogP contribution < -0.4 is 10.6 Å². The maximum Gasteiger partial charge on any atom is 0.321 e. The molecule has 1 aromatic carbocycles. The van der Waals surface area contributed by atoms with Crippen molar-refractivity contribution in [1.82, 2.24) is 25.4 Å². The molecule has 0 aliphatic rings. The van der Waals surface area contributed by atoms with Crippen LogP contribution in [0, 0.1) is 0 Å². The SMILES string of the molecule is CCn1c(SCC(=O)NC(=O)NCc2ccco2)nnc1-c1cccc(Cl)c1. The molecule has 0 fully saturated rings. The van der Waals surface area contributed by atoms with Gasteiger partial charge in [0, 0.05) is 17.1 Å². The number of benzene rings is 1. The lowest BCUT2D eigenvalue weighted by molar-refractivity contribution is -0.117. The predicted molar refractivity (Wildman–Crippen MR) is 106 cm³/mol. The number of hydrogen-bond donors (Lipinski definition) is 2. The Morgan fingerprint density at radius 3 is 2.82 bits per heavy atom. The van der Waals surface area contributed by atoms with Crippen molar-refractivity contribution in [2.75, 3.05) is 5.75 Å². The Bertz CT molecular complexity index is 958. The summed E-state index contributed by atoms with van der Waals surface area (Å²) in [6.45, 7) is 2.79. The summed E-state index contributed by atoms with van der Waals surface area (Å²) >= 11 is 7.25. The van der Waals surface area contributed by atoms with Gasteiger partial charge >= 0.3 is 6.03 Å². The first-order valence-electron chi connectivity index (χ1n) is 8.48. The summed E-state index contributed by atoms with van der Waals surface area (Å²) in [5.41, 5.74) is 0.843. The zero-order valence-corrected chi connectivity index (χ0v) is 16.6. The lowest BCUT2D eigenvalue weighted by Gasteiger charge is -2.08. The van der Waals surface area contributed by atoms with Gasteiger partial charge < -0.3 is 14.3 Å². The third-order valence-electron chi connectivity index (χ3n) is 3.70. The van der Waals surface area contributed by atoms with Gasteiger partial charge in [0.25, 0.3) is 0 Å². The van der Waals surface area contributed by atoms with Crippen LogP contribution in [0.1, 0.15) is 12.7 Å². The normalized spacial score (nSPS) is 10.6. The number of hydrogen-bond acceptors (Lipinski definition) is 6. The molecule has 2 aromatic heterocycles. The van der Waals surface area contributed by atoms with E-state index in [4.69, 9.17) is 16.0 Å². The molecule has 0 spiro atoms. The Hall–Kier alpha value is -2.78. The van der Waals surface area contributed by atoms with E-state index in [0.29, 0.717) is 28.3 Å². The van der Waals surface area contributed by atoms with Crippen LogP contribution in [0.4, 0.5) is 4.79 Å². The van der Waals surface area contributed by atoms with E-state index in [-0.39, 0.29) is 12.3 Å². The number of nitrogens with one attached hydrogen (secondary N) is 2. The molecule has 0 bridgehead atoms. The first kappa shape index (κ1) is 20.0. The topological polar surface area (TPSA) is 102 Å². The van der Waals surface area contributed by atoms with Gasteiger partial charge in [0.15, 0.2) is 11.0 Å². The third kappa shape index (κ3) is 5.14. The smallest absolute Gasteiger partial charge is 0.321 e. The molecule has 0 aliphatic carbocycles. The molecule has 0 saturated heterocycles. The zero-order chi connectivity index (χ0) is 19.9. The molecule has 0 radical (unpaired) electrons. The van der Waals surface area contributed by atoms with Crippen LogP contribution in [0.2, 0.25) is 5.02 Å². The van der Waals surface area contributed by atoms with Crippen LogP contribution in [0.5, 0.6) is 0 Å². The number of aromatic nitrogens is 3. The molecule has 3 aromatic rings. The van der Waals surface area contributed by atoms with Crippen molar-refractivity contribution in [2.24, 2.45) is 0 Å².